The molecule has 0 aliphatic carbocycles. The van der Waals surface area contributed by atoms with Gasteiger partial charge in [0.25, 0.3) is 5.91 Å². The number of amides is 1. The average molecular weight is 349 g/mol. The van der Waals surface area contributed by atoms with Crippen molar-refractivity contribution in [2.75, 3.05) is 22.5 Å². The minimum Gasteiger partial charge on any atom is -0.451 e. The molecule has 1 atom stereocenters. The van der Waals surface area contributed by atoms with Crippen LogP contribution in [0.2, 0.25) is 0 Å². The van der Waals surface area contributed by atoms with Crippen LogP contribution in [0.1, 0.15) is 36.7 Å². The van der Waals surface area contributed by atoms with E-state index in [1.807, 2.05) is 42.5 Å². The highest BCUT2D eigenvalue weighted by atomic mass is 16.3. The Balaban J connectivity index is 1.64. The van der Waals surface area contributed by atoms with E-state index in [0.717, 1.165) is 36.1 Å². The van der Waals surface area contributed by atoms with Crippen LogP contribution in [-0.4, -0.2) is 18.5 Å². The monoisotopic (exact) mass is 349 g/mol. The number of para-hydroxylation sites is 1. The fourth-order valence-corrected chi connectivity index (χ4v) is 3.64. The molecule has 5 nitrogen and oxygen atoms in total. The Labute approximate surface area is 152 Å². The first-order valence-corrected chi connectivity index (χ1v) is 9.08. The van der Waals surface area contributed by atoms with E-state index >= 15 is 0 Å². The van der Waals surface area contributed by atoms with Gasteiger partial charge in [0, 0.05) is 23.7 Å². The summed E-state index contributed by atoms with van der Waals surface area (Å²) in [6.07, 6.45) is 3.56. The lowest BCUT2D eigenvalue weighted by Crippen LogP contribution is -2.38. The maximum atomic E-state index is 12.7. The number of carbonyl (C=O) groups excluding carboxylic acids is 1. The summed E-state index contributed by atoms with van der Waals surface area (Å²) < 4.78 is 5.68. The Hall–Kier alpha value is -2.95. The highest BCUT2D eigenvalue weighted by molar-refractivity contribution is 6.06. The number of nitrogen functional groups attached to an aromatic ring is 1. The topological polar surface area (TPSA) is 71.5 Å². The van der Waals surface area contributed by atoms with Gasteiger partial charge in [-0.2, -0.15) is 0 Å². The maximum absolute atomic E-state index is 12.7. The lowest BCUT2D eigenvalue weighted by Gasteiger charge is -2.36. The molecule has 1 unspecified atom stereocenters. The molecule has 26 heavy (non-hydrogen) atoms. The molecule has 1 fully saturated rings. The van der Waals surface area contributed by atoms with E-state index in [-0.39, 0.29) is 5.91 Å². The van der Waals surface area contributed by atoms with Crippen LogP contribution in [0, 0.1) is 0 Å². The van der Waals surface area contributed by atoms with Crippen molar-refractivity contribution in [3.63, 3.8) is 0 Å². The van der Waals surface area contributed by atoms with Crippen LogP contribution in [0.25, 0.3) is 11.0 Å². The second-order valence-electron chi connectivity index (χ2n) is 6.92. The molecule has 1 amide bonds. The molecule has 1 saturated heterocycles. The van der Waals surface area contributed by atoms with Gasteiger partial charge >= 0.3 is 0 Å². The zero-order chi connectivity index (χ0) is 18.1. The standard InChI is InChI=1S/C21H23N3O2/c1-14-6-4-5-11-24(14)18-10-9-16(22)13-17(18)23-21(25)20-12-15-7-2-3-8-19(15)26-20/h2-3,7-10,12-14H,4-6,11,22H2,1H3,(H,23,25). The average Bonchev–Trinajstić information content (AvgIpc) is 3.07. The van der Waals surface area contributed by atoms with Gasteiger partial charge in [-0.15, -0.1) is 0 Å². The highest BCUT2D eigenvalue weighted by Gasteiger charge is 2.22. The number of piperidine rings is 1. The summed E-state index contributed by atoms with van der Waals surface area (Å²) in [4.78, 5) is 15.1. The Morgan fingerprint density at radius 1 is 1.19 bits per heavy atom. The molecule has 0 spiro atoms. The maximum Gasteiger partial charge on any atom is 0.291 e. The zero-order valence-corrected chi connectivity index (χ0v) is 14.9. The molecule has 2 heterocycles. The quantitative estimate of drug-likeness (QED) is 0.675. The van der Waals surface area contributed by atoms with E-state index in [4.69, 9.17) is 10.2 Å². The summed E-state index contributed by atoms with van der Waals surface area (Å²) in [7, 11) is 0. The largest absolute Gasteiger partial charge is 0.451 e. The van der Waals surface area contributed by atoms with Crippen LogP contribution in [0.4, 0.5) is 17.1 Å². The van der Waals surface area contributed by atoms with Gasteiger partial charge in [-0.3, -0.25) is 4.79 Å². The first kappa shape index (κ1) is 16.5. The molecule has 0 saturated carbocycles. The normalized spacial score (nSPS) is 17.4. The number of nitrogens with two attached hydrogens (primary N) is 1. The van der Waals surface area contributed by atoms with E-state index in [1.165, 1.54) is 6.42 Å². The molecular weight excluding hydrogens is 326 g/mol. The third-order valence-corrected chi connectivity index (χ3v) is 5.03. The number of nitrogens with zero attached hydrogens (tertiary/aromatic N) is 1. The number of hydrogen-bond donors (Lipinski definition) is 2. The molecule has 3 aromatic rings. The predicted molar refractivity (Wildman–Crippen MR) is 106 cm³/mol. The van der Waals surface area contributed by atoms with E-state index in [1.54, 1.807) is 6.07 Å². The molecule has 5 heteroatoms. The summed E-state index contributed by atoms with van der Waals surface area (Å²) in [6.45, 7) is 3.21. The van der Waals surface area contributed by atoms with Crippen molar-refractivity contribution >= 4 is 33.9 Å². The summed E-state index contributed by atoms with van der Waals surface area (Å²) in [6, 6.07) is 15.5. The van der Waals surface area contributed by atoms with E-state index in [0.29, 0.717) is 23.1 Å². The fraction of sp³-hybridized carbons (Fsp3) is 0.286. The van der Waals surface area contributed by atoms with Crippen molar-refractivity contribution in [2.24, 2.45) is 0 Å². The third kappa shape index (κ3) is 3.12. The van der Waals surface area contributed by atoms with Gasteiger partial charge < -0.3 is 20.4 Å². The lowest BCUT2D eigenvalue weighted by molar-refractivity contribution is 0.0998. The van der Waals surface area contributed by atoms with Crippen LogP contribution in [-0.2, 0) is 0 Å². The van der Waals surface area contributed by atoms with Crippen molar-refractivity contribution in [1.29, 1.82) is 0 Å². The number of hydrogen-bond acceptors (Lipinski definition) is 4. The van der Waals surface area contributed by atoms with Crippen molar-refractivity contribution in [1.82, 2.24) is 0 Å². The second-order valence-corrected chi connectivity index (χ2v) is 6.92. The molecule has 2 aromatic carbocycles. The highest BCUT2D eigenvalue weighted by Crippen LogP contribution is 2.33. The Morgan fingerprint density at radius 3 is 2.85 bits per heavy atom. The number of fused-ring (bicyclic) bond motifs is 1. The van der Waals surface area contributed by atoms with Crippen LogP contribution >= 0.6 is 0 Å². The summed E-state index contributed by atoms with van der Waals surface area (Å²) in [5, 5.41) is 3.90. The number of nitrogens with one attached hydrogen (secondary N) is 1. The van der Waals surface area contributed by atoms with Gasteiger partial charge in [0.15, 0.2) is 5.76 Å². The zero-order valence-electron chi connectivity index (χ0n) is 14.9. The summed E-state index contributed by atoms with van der Waals surface area (Å²) in [5.41, 5.74) is 9.04. The number of furan rings is 1. The Kier molecular flexibility index (Phi) is 4.29. The molecule has 1 aliphatic rings. The van der Waals surface area contributed by atoms with E-state index in [2.05, 4.69) is 17.1 Å². The summed E-state index contributed by atoms with van der Waals surface area (Å²) in [5.74, 6) is 0.0315. The molecule has 0 radical (unpaired) electrons. The Bertz CT molecular complexity index is 914. The molecule has 0 bridgehead atoms. The van der Waals surface area contributed by atoms with Crippen molar-refractivity contribution < 1.29 is 9.21 Å². The number of anilines is 3. The lowest BCUT2D eigenvalue weighted by atomic mass is 10.0. The van der Waals surface area contributed by atoms with E-state index in [9.17, 15) is 4.79 Å². The van der Waals surface area contributed by atoms with Gasteiger partial charge in [-0.05, 0) is 56.5 Å². The van der Waals surface area contributed by atoms with Crippen molar-refractivity contribution in [3.05, 3.63) is 54.3 Å². The van der Waals surface area contributed by atoms with Crippen molar-refractivity contribution in [2.45, 2.75) is 32.2 Å². The third-order valence-electron chi connectivity index (χ3n) is 5.03. The smallest absolute Gasteiger partial charge is 0.291 e. The number of benzene rings is 2. The number of carbonyl (C=O) groups is 1. The molecule has 4 rings (SSSR count). The fourth-order valence-electron chi connectivity index (χ4n) is 3.64. The van der Waals surface area contributed by atoms with E-state index < -0.39 is 0 Å². The predicted octanol–water partition coefficient (Wildman–Crippen LogP) is 4.65. The number of rotatable bonds is 3. The second kappa shape index (κ2) is 6.75. The van der Waals surface area contributed by atoms with Crippen LogP contribution in [0.5, 0.6) is 0 Å². The minimum atomic E-state index is -0.266. The SMILES string of the molecule is CC1CCCCN1c1ccc(N)cc1NC(=O)c1cc2ccccc2o1. The van der Waals surface area contributed by atoms with Gasteiger partial charge in [0.1, 0.15) is 5.58 Å². The van der Waals surface area contributed by atoms with Gasteiger partial charge in [0.2, 0.25) is 0 Å². The van der Waals surface area contributed by atoms with Crippen LogP contribution in [0.3, 0.4) is 0 Å². The van der Waals surface area contributed by atoms with Gasteiger partial charge in [-0.1, -0.05) is 18.2 Å². The Morgan fingerprint density at radius 2 is 2.04 bits per heavy atom. The molecular formula is C21H23N3O2. The minimum absolute atomic E-state index is 0.266. The molecule has 1 aromatic heterocycles. The first-order valence-electron chi connectivity index (χ1n) is 9.08. The molecule has 3 N–H and O–H groups in total. The molecule has 134 valence electrons. The van der Waals surface area contributed by atoms with Crippen molar-refractivity contribution in [3.8, 4) is 0 Å². The first-order chi connectivity index (χ1) is 12.6. The van der Waals surface area contributed by atoms with Crippen LogP contribution < -0.4 is 16.0 Å². The van der Waals surface area contributed by atoms with Gasteiger partial charge in [0.05, 0.1) is 11.4 Å². The summed E-state index contributed by atoms with van der Waals surface area (Å²) >= 11 is 0. The van der Waals surface area contributed by atoms with Gasteiger partial charge in [-0.25, -0.2) is 0 Å². The molecule has 1 aliphatic heterocycles. The van der Waals surface area contributed by atoms with Crippen LogP contribution in [0.15, 0.2) is 52.9 Å².